The van der Waals surface area contributed by atoms with Crippen molar-refractivity contribution < 1.29 is 9.53 Å². The van der Waals surface area contributed by atoms with Crippen molar-refractivity contribution in [3.8, 4) is 0 Å². The zero-order valence-electron chi connectivity index (χ0n) is 9.74. The van der Waals surface area contributed by atoms with Gasteiger partial charge in [0.05, 0.1) is 13.0 Å². The molecule has 15 heavy (non-hydrogen) atoms. The third-order valence-corrected chi connectivity index (χ3v) is 3.20. The lowest BCUT2D eigenvalue weighted by molar-refractivity contribution is -0.133. The summed E-state index contributed by atoms with van der Waals surface area (Å²) < 4.78 is 4.89. The van der Waals surface area contributed by atoms with Crippen LogP contribution in [0.2, 0.25) is 0 Å². The van der Waals surface area contributed by atoms with E-state index in [2.05, 4.69) is 6.92 Å². The van der Waals surface area contributed by atoms with Gasteiger partial charge in [-0.2, -0.15) is 0 Å². The SMILES string of the molecule is CCC1CCN(C(=O)CCOC)CC1N. The molecule has 1 aliphatic rings. The zero-order valence-corrected chi connectivity index (χ0v) is 9.74. The van der Waals surface area contributed by atoms with Crippen molar-refractivity contribution in [2.75, 3.05) is 26.8 Å². The van der Waals surface area contributed by atoms with Crippen LogP contribution in [0.15, 0.2) is 0 Å². The maximum Gasteiger partial charge on any atom is 0.224 e. The standard InChI is InChI=1S/C11H22N2O2/c1-3-9-4-6-13(8-10(9)12)11(14)5-7-15-2/h9-10H,3-8,12H2,1-2H3. The lowest BCUT2D eigenvalue weighted by Crippen LogP contribution is -2.50. The largest absolute Gasteiger partial charge is 0.384 e. The van der Waals surface area contributed by atoms with Crippen molar-refractivity contribution in [3.05, 3.63) is 0 Å². The second kappa shape index (κ2) is 6.08. The van der Waals surface area contributed by atoms with Crippen LogP contribution >= 0.6 is 0 Å². The molecule has 1 amide bonds. The number of hydrogen-bond donors (Lipinski definition) is 1. The number of rotatable bonds is 4. The van der Waals surface area contributed by atoms with Crippen LogP contribution in [0.25, 0.3) is 0 Å². The highest BCUT2D eigenvalue weighted by molar-refractivity contribution is 5.76. The van der Waals surface area contributed by atoms with E-state index in [1.54, 1.807) is 7.11 Å². The zero-order chi connectivity index (χ0) is 11.3. The number of carbonyl (C=O) groups excluding carboxylic acids is 1. The molecule has 0 spiro atoms. The number of ether oxygens (including phenoxy) is 1. The first-order valence-electron chi connectivity index (χ1n) is 5.71. The maximum absolute atomic E-state index is 11.7. The van der Waals surface area contributed by atoms with Gasteiger partial charge in [-0.3, -0.25) is 4.79 Å². The van der Waals surface area contributed by atoms with Gasteiger partial charge >= 0.3 is 0 Å². The lowest BCUT2D eigenvalue weighted by Gasteiger charge is -2.36. The highest BCUT2D eigenvalue weighted by Gasteiger charge is 2.27. The van der Waals surface area contributed by atoms with E-state index in [-0.39, 0.29) is 11.9 Å². The summed E-state index contributed by atoms with van der Waals surface area (Å²) >= 11 is 0. The molecule has 1 saturated heterocycles. The Balaban J connectivity index is 2.36. The van der Waals surface area contributed by atoms with Crippen LogP contribution in [0.3, 0.4) is 0 Å². The molecule has 1 rings (SSSR count). The van der Waals surface area contributed by atoms with Gasteiger partial charge in [-0.25, -0.2) is 0 Å². The van der Waals surface area contributed by atoms with E-state index in [9.17, 15) is 4.79 Å². The summed E-state index contributed by atoms with van der Waals surface area (Å²) in [5.41, 5.74) is 6.02. The van der Waals surface area contributed by atoms with Gasteiger partial charge in [0.15, 0.2) is 0 Å². The Bertz CT molecular complexity index is 209. The highest BCUT2D eigenvalue weighted by Crippen LogP contribution is 2.19. The maximum atomic E-state index is 11.7. The molecule has 1 heterocycles. The Morgan fingerprint density at radius 2 is 2.33 bits per heavy atom. The first-order valence-corrected chi connectivity index (χ1v) is 5.71. The molecular weight excluding hydrogens is 192 g/mol. The molecule has 0 bridgehead atoms. The number of nitrogens with two attached hydrogens (primary N) is 1. The van der Waals surface area contributed by atoms with Crippen molar-refractivity contribution >= 4 is 5.91 Å². The Kier molecular flexibility index (Phi) is 5.05. The average Bonchev–Trinajstić information content (AvgIpc) is 2.25. The minimum Gasteiger partial charge on any atom is -0.384 e. The number of likely N-dealkylation sites (tertiary alicyclic amines) is 1. The van der Waals surface area contributed by atoms with Gasteiger partial charge in [-0.1, -0.05) is 13.3 Å². The van der Waals surface area contributed by atoms with Crippen LogP contribution in [-0.2, 0) is 9.53 Å². The fourth-order valence-corrected chi connectivity index (χ4v) is 2.11. The number of nitrogens with zero attached hydrogens (tertiary/aromatic N) is 1. The molecule has 2 N–H and O–H groups in total. The quantitative estimate of drug-likeness (QED) is 0.746. The van der Waals surface area contributed by atoms with E-state index < -0.39 is 0 Å². The summed E-state index contributed by atoms with van der Waals surface area (Å²) in [6, 6.07) is 0.148. The van der Waals surface area contributed by atoms with Gasteiger partial charge < -0.3 is 15.4 Å². The monoisotopic (exact) mass is 214 g/mol. The first-order chi connectivity index (χ1) is 7.19. The topological polar surface area (TPSA) is 55.6 Å². The molecule has 88 valence electrons. The summed E-state index contributed by atoms with van der Waals surface area (Å²) in [7, 11) is 1.61. The van der Waals surface area contributed by atoms with Crippen molar-refractivity contribution in [3.63, 3.8) is 0 Å². The first kappa shape index (κ1) is 12.5. The van der Waals surface area contributed by atoms with Crippen molar-refractivity contribution in [2.45, 2.75) is 32.2 Å². The van der Waals surface area contributed by atoms with Crippen LogP contribution in [0, 0.1) is 5.92 Å². The van der Waals surface area contributed by atoms with E-state index in [0.29, 0.717) is 25.5 Å². The van der Waals surface area contributed by atoms with Crippen molar-refractivity contribution in [2.24, 2.45) is 11.7 Å². The van der Waals surface area contributed by atoms with Crippen LogP contribution in [0.5, 0.6) is 0 Å². The predicted molar refractivity (Wildman–Crippen MR) is 59.4 cm³/mol. The van der Waals surface area contributed by atoms with Gasteiger partial charge in [0.1, 0.15) is 0 Å². The summed E-state index contributed by atoms with van der Waals surface area (Å²) in [6.45, 7) is 4.23. The fourth-order valence-electron chi connectivity index (χ4n) is 2.11. The number of methoxy groups -OCH3 is 1. The van der Waals surface area contributed by atoms with Crippen LogP contribution in [0.1, 0.15) is 26.2 Å². The molecule has 4 nitrogen and oxygen atoms in total. The summed E-state index contributed by atoms with van der Waals surface area (Å²) in [5, 5.41) is 0. The molecule has 1 fully saturated rings. The molecule has 0 radical (unpaired) electrons. The molecule has 0 aliphatic carbocycles. The van der Waals surface area contributed by atoms with Crippen molar-refractivity contribution in [1.82, 2.24) is 4.90 Å². The Morgan fingerprint density at radius 1 is 1.60 bits per heavy atom. The van der Waals surface area contributed by atoms with E-state index in [1.807, 2.05) is 4.90 Å². The van der Waals surface area contributed by atoms with Crippen molar-refractivity contribution in [1.29, 1.82) is 0 Å². The summed E-state index contributed by atoms with van der Waals surface area (Å²) in [5.74, 6) is 0.748. The van der Waals surface area contributed by atoms with Crippen LogP contribution in [-0.4, -0.2) is 43.7 Å². The predicted octanol–water partition coefficient (Wildman–Crippen LogP) is 0.609. The Morgan fingerprint density at radius 3 is 2.87 bits per heavy atom. The van der Waals surface area contributed by atoms with E-state index in [4.69, 9.17) is 10.5 Å². The van der Waals surface area contributed by atoms with Gasteiger partial charge in [-0.05, 0) is 12.3 Å². The fraction of sp³-hybridized carbons (Fsp3) is 0.909. The molecule has 2 unspecified atom stereocenters. The summed E-state index contributed by atoms with van der Waals surface area (Å²) in [6.07, 6.45) is 2.62. The van der Waals surface area contributed by atoms with E-state index in [0.717, 1.165) is 19.4 Å². The minimum absolute atomic E-state index is 0.148. The number of hydrogen-bond acceptors (Lipinski definition) is 3. The molecule has 1 aliphatic heterocycles. The van der Waals surface area contributed by atoms with E-state index >= 15 is 0 Å². The second-order valence-electron chi connectivity index (χ2n) is 4.20. The van der Waals surface area contributed by atoms with E-state index in [1.165, 1.54) is 0 Å². The van der Waals surface area contributed by atoms with Gasteiger partial charge in [0.2, 0.25) is 5.91 Å². The van der Waals surface area contributed by atoms with Gasteiger partial charge in [-0.15, -0.1) is 0 Å². The minimum atomic E-state index is 0.148. The number of carbonyl (C=O) groups is 1. The lowest BCUT2D eigenvalue weighted by atomic mass is 9.90. The Hall–Kier alpha value is -0.610. The smallest absolute Gasteiger partial charge is 0.224 e. The third-order valence-electron chi connectivity index (χ3n) is 3.20. The second-order valence-corrected chi connectivity index (χ2v) is 4.20. The van der Waals surface area contributed by atoms with Crippen LogP contribution < -0.4 is 5.73 Å². The van der Waals surface area contributed by atoms with Crippen LogP contribution in [0.4, 0.5) is 0 Å². The molecule has 0 saturated carbocycles. The summed E-state index contributed by atoms with van der Waals surface area (Å²) in [4.78, 5) is 13.6. The molecule has 0 aromatic rings. The third kappa shape index (κ3) is 3.47. The Labute approximate surface area is 91.8 Å². The molecule has 4 heteroatoms. The highest BCUT2D eigenvalue weighted by atomic mass is 16.5. The molecule has 0 aromatic carbocycles. The average molecular weight is 214 g/mol. The molecule has 0 aromatic heterocycles. The molecule has 2 atom stereocenters. The van der Waals surface area contributed by atoms with Gasteiger partial charge in [0.25, 0.3) is 0 Å². The molecular formula is C11H22N2O2. The number of amides is 1. The normalized spacial score (nSPS) is 26.7. The number of piperidine rings is 1. The van der Waals surface area contributed by atoms with Gasteiger partial charge in [0, 0.05) is 26.2 Å².